The number of oxazole rings is 1. The number of guanidine groups is 1. The zero-order valence-electron chi connectivity index (χ0n) is 15.5. The van der Waals surface area contributed by atoms with Gasteiger partial charge in [-0.05, 0) is 5.56 Å². The van der Waals surface area contributed by atoms with Gasteiger partial charge in [-0.1, -0.05) is 51.1 Å². The van der Waals surface area contributed by atoms with Crippen LogP contribution < -0.4 is 10.6 Å². The van der Waals surface area contributed by atoms with E-state index < -0.39 is 0 Å². The lowest BCUT2D eigenvalue weighted by atomic mass is 9.94. The summed E-state index contributed by atoms with van der Waals surface area (Å²) < 4.78 is 11.4. The molecule has 0 bridgehead atoms. The fourth-order valence-corrected chi connectivity index (χ4v) is 2.12. The molecule has 2 aromatic rings. The van der Waals surface area contributed by atoms with E-state index in [4.69, 9.17) is 9.15 Å². The molecule has 0 saturated heterocycles. The Bertz CT molecular complexity index is 660. The van der Waals surface area contributed by atoms with Crippen molar-refractivity contribution in [1.29, 1.82) is 0 Å². The molecule has 0 radical (unpaired) electrons. The molecule has 1 aromatic carbocycles. The molecule has 0 aliphatic carbocycles. The molecule has 0 spiro atoms. The fourth-order valence-electron chi connectivity index (χ4n) is 2.12. The minimum absolute atomic E-state index is 0.0404. The van der Waals surface area contributed by atoms with Crippen molar-refractivity contribution in [3.8, 4) is 0 Å². The van der Waals surface area contributed by atoms with Gasteiger partial charge in [0.1, 0.15) is 5.76 Å². The molecule has 0 saturated carbocycles. The van der Waals surface area contributed by atoms with Gasteiger partial charge < -0.3 is 19.8 Å². The predicted octanol–water partition coefficient (Wildman–Crippen LogP) is 2.85. The molecule has 6 nitrogen and oxygen atoms in total. The van der Waals surface area contributed by atoms with Crippen molar-refractivity contribution in [3.63, 3.8) is 0 Å². The van der Waals surface area contributed by atoms with Crippen molar-refractivity contribution in [3.05, 3.63) is 53.7 Å². The topological polar surface area (TPSA) is 71.7 Å². The molecule has 0 aliphatic heterocycles. The molecule has 0 amide bonds. The highest BCUT2D eigenvalue weighted by Crippen LogP contribution is 2.22. The fraction of sp³-hybridized carbons (Fsp3) is 0.474. The van der Waals surface area contributed by atoms with Gasteiger partial charge in [-0.25, -0.2) is 4.98 Å². The zero-order chi connectivity index (χ0) is 18.1. The van der Waals surface area contributed by atoms with Gasteiger partial charge in [0.25, 0.3) is 0 Å². The first-order valence-electron chi connectivity index (χ1n) is 8.50. The van der Waals surface area contributed by atoms with Crippen LogP contribution in [0.5, 0.6) is 0 Å². The number of hydrogen-bond acceptors (Lipinski definition) is 4. The second kappa shape index (κ2) is 9.22. The Morgan fingerprint density at radius 2 is 1.96 bits per heavy atom. The van der Waals surface area contributed by atoms with Crippen LogP contribution in [0.4, 0.5) is 0 Å². The minimum Gasteiger partial charge on any atom is -0.443 e. The third-order valence-electron chi connectivity index (χ3n) is 3.57. The Morgan fingerprint density at radius 3 is 2.60 bits per heavy atom. The standard InChI is InChI=1S/C19H28N4O2/c1-19(2,3)16-12-22-17(25-16)13-23-18(20-4)21-10-11-24-14-15-8-6-5-7-9-15/h5-9,12H,10-11,13-14H2,1-4H3,(H2,20,21,23). The molecule has 1 heterocycles. The molecule has 136 valence electrons. The molecule has 2 rings (SSSR count). The van der Waals surface area contributed by atoms with Crippen molar-refractivity contribution >= 4 is 5.96 Å². The summed E-state index contributed by atoms with van der Waals surface area (Å²) in [5, 5.41) is 6.39. The summed E-state index contributed by atoms with van der Waals surface area (Å²) in [4.78, 5) is 8.48. The molecule has 0 unspecified atom stereocenters. The highest BCUT2D eigenvalue weighted by Gasteiger charge is 2.19. The molecular weight excluding hydrogens is 316 g/mol. The van der Waals surface area contributed by atoms with E-state index in [1.165, 1.54) is 5.56 Å². The largest absolute Gasteiger partial charge is 0.443 e. The van der Waals surface area contributed by atoms with E-state index in [1.807, 2.05) is 18.2 Å². The normalized spacial score (nSPS) is 12.2. The van der Waals surface area contributed by atoms with Gasteiger partial charge in [0, 0.05) is 19.0 Å². The maximum Gasteiger partial charge on any atom is 0.213 e. The van der Waals surface area contributed by atoms with Gasteiger partial charge in [0.05, 0.1) is 26.0 Å². The highest BCUT2D eigenvalue weighted by atomic mass is 16.5. The van der Waals surface area contributed by atoms with Gasteiger partial charge in [0.15, 0.2) is 5.96 Å². The third kappa shape index (κ3) is 6.58. The van der Waals surface area contributed by atoms with Crippen molar-refractivity contribution in [1.82, 2.24) is 15.6 Å². The van der Waals surface area contributed by atoms with Crippen molar-refractivity contribution in [2.45, 2.75) is 39.3 Å². The maximum absolute atomic E-state index is 5.75. The van der Waals surface area contributed by atoms with Crippen LogP contribution in [-0.2, 0) is 23.3 Å². The monoisotopic (exact) mass is 344 g/mol. The van der Waals surface area contributed by atoms with Crippen LogP contribution >= 0.6 is 0 Å². The zero-order valence-corrected chi connectivity index (χ0v) is 15.5. The lowest BCUT2D eigenvalue weighted by molar-refractivity contribution is 0.125. The molecule has 0 fully saturated rings. The smallest absolute Gasteiger partial charge is 0.213 e. The first-order chi connectivity index (χ1) is 12.0. The Morgan fingerprint density at radius 1 is 1.20 bits per heavy atom. The van der Waals surface area contributed by atoms with Crippen LogP contribution in [0.2, 0.25) is 0 Å². The SMILES string of the molecule is CN=C(NCCOCc1ccccc1)NCc1ncc(C(C)(C)C)o1. The molecular formula is C19H28N4O2. The average Bonchev–Trinajstić information content (AvgIpc) is 3.07. The van der Waals surface area contributed by atoms with E-state index in [0.29, 0.717) is 38.2 Å². The van der Waals surface area contributed by atoms with Crippen molar-refractivity contribution in [2.24, 2.45) is 4.99 Å². The summed E-state index contributed by atoms with van der Waals surface area (Å²) in [5.41, 5.74) is 1.13. The van der Waals surface area contributed by atoms with Crippen LogP contribution in [0, 0.1) is 0 Å². The lowest BCUT2D eigenvalue weighted by Gasteiger charge is -2.13. The number of hydrogen-bond donors (Lipinski definition) is 2. The average molecular weight is 344 g/mol. The Balaban J connectivity index is 1.66. The van der Waals surface area contributed by atoms with E-state index in [-0.39, 0.29) is 5.41 Å². The number of rotatable bonds is 7. The van der Waals surface area contributed by atoms with Gasteiger partial charge in [-0.3, -0.25) is 4.99 Å². The van der Waals surface area contributed by atoms with Gasteiger partial charge in [-0.2, -0.15) is 0 Å². The molecule has 25 heavy (non-hydrogen) atoms. The van der Waals surface area contributed by atoms with Crippen LogP contribution in [0.25, 0.3) is 0 Å². The summed E-state index contributed by atoms with van der Waals surface area (Å²) in [6, 6.07) is 10.1. The molecule has 1 aromatic heterocycles. The minimum atomic E-state index is -0.0404. The summed E-state index contributed by atoms with van der Waals surface area (Å²) in [7, 11) is 1.73. The van der Waals surface area contributed by atoms with Crippen molar-refractivity contribution < 1.29 is 9.15 Å². The Labute approximate surface area is 149 Å². The number of aromatic nitrogens is 1. The molecule has 0 aliphatic rings. The summed E-state index contributed by atoms with van der Waals surface area (Å²) in [5.74, 6) is 2.22. The predicted molar refractivity (Wildman–Crippen MR) is 99.5 cm³/mol. The van der Waals surface area contributed by atoms with E-state index in [2.05, 4.69) is 53.5 Å². The quantitative estimate of drug-likeness (QED) is 0.459. The van der Waals surface area contributed by atoms with Crippen LogP contribution in [0.15, 0.2) is 45.9 Å². The van der Waals surface area contributed by atoms with Gasteiger partial charge in [0.2, 0.25) is 5.89 Å². The van der Waals surface area contributed by atoms with Crippen molar-refractivity contribution in [2.75, 3.05) is 20.2 Å². The second-order valence-electron chi connectivity index (χ2n) is 6.76. The number of nitrogens with zero attached hydrogens (tertiary/aromatic N) is 2. The van der Waals surface area contributed by atoms with Gasteiger partial charge in [-0.15, -0.1) is 0 Å². The van der Waals surface area contributed by atoms with Crippen LogP contribution in [0.3, 0.4) is 0 Å². The summed E-state index contributed by atoms with van der Waals surface area (Å²) in [6.45, 7) is 8.66. The first-order valence-corrected chi connectivity index (χ1v) is 8.50. The third-order valence-corrected chi connectivity index (χ3v) is 3.57. The maximum atomic E-state index is 5.75. The number of nitrogens with one attached hydrogen (secondary N) is 2. The summed E-state index contributed by atoms with van der Waals surface area (Å²) in [6.07, 6.45) is 1.78. The molecule has 6 heteroatoms. The number of benzene rings is 1. The number of aliphatic imine (C=N–C) groups is 1. The first kappa shape index (κ1) is 19.0. The van der Waals surface area contributed by atoms with Crippen LogP contribution in [-0.4, -0.2) is 31.1 Å². The second-order valence-corrected chi connectivity index (χ2v) is 6.76. The molecule has 2 N–H and O–H groups in total. The summed E-state index contributed by atoms with van der Waals surface area (Å²) >= 11 is 0. The van der Waals surface area contributed by atoms with E-state index >= 15 is 0 Å². The highest BCUT2D eigenvalue weighted by molar-refractivity contribution is 5.79. The Hall–Kier alpha value is -2.34. The number of ether oxygens (including phenoxy) is 1. The van der Waals surface area contributed by atoms with E-state index in [1.54, 1.807) is 13.2 Å². The van der Waals surface area contributed by atoms with E-state index in [0.717, 1.165) is 5.76 Å². The molecule has 0 atom stereocenters. The van der Waals surface area contributed by atoms with E-state index in [9.17, 15) is 0 Å². The lowest BCUT2D eigenvalue weighted by Crippen LogP contribution is -2.38. The van der Waals surface area contributed by atoms with Crippen LogP contribution in [0.1, 0.15) is 38.0 Å². The van der Waals surface area contributed by atoms with Gasteiger partial charge >= 0.3 is 0 Å². The Kier molecular flexibility index (Phi) is 7.01.